The van der Waals surface area contributed by atoms with Crippen LogP contribution in [0.4, 0.5) is 14.5 Å². The molecule has 0 amide bonds. The third-order valence-corrected chi connectivity index (χ3v) is 2.78. The lowest BCUT2D eigenvalue weighted by atomic mass is 10.1. The minimum Gasteiger partial charge on any atom is -0.378 e. The Morgan fingerprint density at radius 3 is 2.61 bits per heavy atom. The highest BCUT2D eigenvalue weighted by molar-refractivity contribution is 5.54. The molecule has 1 aromatic carbocycles. The first-order valence-corrected chi connectivity index (χ1v) is 5.54. The monoisotopic (exact) mass is 254 g/mol. The fourth-order valence-electron chi connectivity index (χ4n) is 1.91. The molecule has 0 unspecified atom stereocenters. The highest BCUT2D eigenvalue weighted by atomic mass is 19.2. The topological polar surface area (TPSA) is 61.2 Å². The average molecular weight is 254 g/mol. The summed E-state index contributed by atoms with van der Waals surface area (Å²) in [6, 6.07) is 2.22. The molecule has 1 saturated heterocycles. The van der Waals surface area contributed by atoms with Crippen LogP contribution in [0.2, 0.25) is 0 Å². The molecule has 2 rings (SSSR count). The maximum atomic E-state index is 13.3. The van der Waals surface area contributed by atoms with E-state index in [0.29, 0.717) is 37.6 Å². The van der Waals surface area contributed by atoms with Crippen LogP contribution in [-0.4, -0.2) is 26.3 Å². The highest BCUT2D eigenvalue weighted by Gasteiger charge is 2.17. The first-order chi connectivity index (χ1) is 8.72. The minimum atomic E-state index is -0.935. The first-order valence-electron chi connectivity index (χ1n) is 5.54. The van der Waals surface area contributed by atoms with Crippen LogP contribution < -0.4 is 4.90 Å². The van der Waals surface area contributed by atoms with Gasteiger partial charge in [-0.05, 0) is 17.2 Å². The second-order valence-corrected chi connectivity index (χ2v) is 3.88. The number of rotatable bonds is 3. The number of morpholine rings is 1. The van der Waals surface area contributed by atoms with Gasteiger partial charge in [-0.1, -0.05) is 5.11 Å². The Hall–Kier alpha value is -1.85. The van der Waals surface area contributed by atoms with Crippen molar-refractivity contribution in [1.29, 1.82) is 0 Å². The van der Waals surface area contributed by atoms with Crippen molar-refractivity contribution in [3.63, 3.8) is 0 Å². The predicted octanol–water partition coefficient (Wildman–Crippen LogP) is 2.61. The molecule has 96 valence electrons. The number of anilines is 1. The Bertz CT molecular complexity index is 482. The molecule has 0 spiro atoms. The molecule has 18 heavy (non-hydrogen) atoms. The Morgan fingerprint density at radius 1 is 1.28 bits per heavy atom. The molecule has 1 aliphatic rings. The summed E-state index contributed by atoms with van der Waals surface area (Å²) < 4.78 is 31.7. The molecule has 5 nitrogen and oxygen atoms in total. The summed E-state index contributed by atoms with van der Waals surface area (Å²) in [5, 5.41) is 3.40. The summed E-state index contributed by atoms with van der Waals surface area (Å²) in [6.45, 7) is 2.29. The third-order valence-electron chi connectivity index (χ3n) is 2.78. The molecule has 0 bridgehead atoms. The predicted molar refractivity (Wildman–Crippen MR) is 62.2 cm³/mol. The number of hydrogen-bond acceptors (Lipinski definition) is 3. The molecule has 1 aliphatic heterocycles. The Morgan fingerprint density at radius 2 is 1.94 bits per heavy atom. The molecule has 1 aromatic rings. The van der Waals surface area contributed by atoms with Crippen LogP contribution in [0.5, 0.6) is 0 Å². The molecule has 0 aliphatic carbocycles. The molecule has 0 aromatic heterocycles. The zero-order valence-corrected chi connectivity index (χ0v) is 9.64. The van der Waals surface area contributed by atoms with Crippen molar-refractivity contribution in [2.45, 2.75) is 6.54 Å². The van der Waals surface area contributed by atoms with E-state index in [1.807, 2.05) is 4.90 Å². The summed E-state index contributed by atoms with van der Waals surface area (Å²) in [4.78, 5) is 4.53. The van der Waals surface area contributed by atoms with Gasteiger partial charge in [0.05, 0.1) is 19.8 Å². The van der Waals surface area contributed by atoms with Crippen LogP contribution in [0.3, 0.4) is 0 Å². The van der Waals surface area contributed by atoms with Gasteiger partial charge in [-0.15, -0.1) is 0 Å². The van der Waals surface area contributed by atoms with E-state index in [1.54, 1.807) is 0 Å². The lowest BCUT2D eigenvalue weighted by Crippen LogP contribution is -2.36. The summed E-state index contributed by atoms with van der Waals surface area (Å²) in [6.07, 6.45) is 0. The van der Waals surface area contributed by atoms with E-state index in [2.05, 4.69) is 10.0 Å². The fourth-order valence-corrected chi connectivity index (χ4v) is 1.91. The molecule has 0 atom stereocenters. The van der Waals surface area contributed by atoms with Crippen LogP contribution in [-0.2, 0) is 11.3 Å². The lowest BCUT2D eigenvalue weighted by Gasteiger charge is -2.30. The van der Waals surface area contributed by atoms with E-state index in [0.717, 1.165) is 12.1 Å². The van der Waals surface area contributed by atoms with Crippen molar-refractivity contribution in [1.82, 2.24) is 0 Å². The molecule has 0 radical (unpaired) electrons. The zero-order valence-electron chi connectivity index (χ0n) is 9.64. The van der Waals surface area contributed by atoms with Crippen LogP contribution in [0.1, 0.15) is 5.56 Å². The van der Waals surface area contributed by atoms with Gasteiger partial charge in [0.15, 0.2) is 11.6 Å². The molecular formula is C11H12F2N4O. The fraction of sp³-hybridized carbons (Fsp3) is 0.455. The number of benzene rings is 1. The molecule has 7 heteroatoms. The van der Waals surface area contributed by atoms with Crippen LogP contribution >= 0.6 is 0 Å². The Kier molecular flexibility index (Phi) is 3.96. The maximum absolute atomic E-state index is 13.3. The average Bonchev–Trinajstić information content (AvgIpc) is 2.40. The normalized spacial score (nSPS) is 15.3. The van der Waals surface area contributed by atoms with Gasteiger partial charge >= 0.3 is 0 Å². The smallest absolute Gasteiger partial charge is 0.160 e. The van der Waals surface area contributed by atoms with Gasteiger partial charge < -0.3 is 9.64 Å². The molecule has 1 heterocycles. The van der Waals surface area contributed by atoms with Gasteiger partial charge in [-0.3, -0.25) is 0 Å². The minimum absolute atomic E-state index is 0.000387. The van der Waals surface area contributed by atoms with Gasteiger partial charge in [-0.2, -0.15) is 0 Å². The standard InChI is InChI=1S/C11H12F2N4O/c12-9-5-8(7-15-16-14)11(6-10(9)13)17-1-3-18-4-2-17/h5-6H,1-4,7H2. The molecule has 1 fully saturated rings. The molecular weight excluding hydrogens is 242 g/mol. The van der Waals surface area contributed by atoms with E-state index < -0.39 is 11.6 Å². The number of hydrogen-bond donors (Lipinski definition) is 0. The third kappa shape index (κ3) is 2.69. The lowest BCUT2D eigenvalue weighted by molar-refractivity contribution is 0.122. The van der Waals surface area contributed by atoms with E-state index in [1.165, 1.54) is 0 Å². The number of ether oxygens (including phenoxy) is 1. The van der Waals surface area contributed by atoms with E-state index in [9.17, 15) is 8.78 Å². The second-order valence-electron chi connectivity index (χ2n) is 3.88. The van der Waals surface area contributed by atoms with Gasteiger partial charge in [0.2, 0.25) is 0 Å². The maximum Gasteiger partial charge on any atom is 0.160 e. The van der Waals surface area contributed by atoms with Crippen LogP contribution in [0, 0.1) is 11.6 Å². The molecule has 0 N–H and O–H groups in total. The number of halogens is 2. The summed E-state index contributed by atoms with van der Waals surface area (Å²) in [5.74, 6) is -1.84. The Labute approximate surface area is 103 Å². The highest BCUT2D eigenvalue weighted by Crippen LogP contribution is 2.25. The van der Waals surface area contributed by atoms with Crippen molar-refractivity contribution in [2.75, 3.05) is 31.2 Å². The van der Waals surface area contributed by atoms with E-state index in [-0.39, 0.29) is 6.54 Å². The first kappa shape index (κ1) is 12.6. The van der Waals surface area contributed by atoms with Crippen molar-refractivity contribution >= 4 is 5.69 Å². The van der Waals surface area contributed by atoms with Crippen molar-refractivity contribution in [2.24, 2.45) is 5.11 Å². The SMILES string of the molecule is [N-]=[N+]=NCc1cc(F)c(F)cc1N1CCOCC1. The van der Waals surface area contributed by atoms with Crippen molar-refractivity contribution in [3.8, 4) is 0 Å². The summed E-state index contributed by atoms with van der Waals surface area (Å²) >= 11 is 0. The Balaban J connectivity index is 2.35. The van der Waals surface area contributed by atoms with E-state index >= 15 is 0 Å². The van der Waals surface area contributed by atoms with Gasteiger partial charge in [-0.25, -0.2) is 8.78 Å². The summed E-state index contributed by atoms with van der Waals surface area (Å²) in [7, 11) is 0. The van der Waals surface area contributed by atoms with Gasteiger partial charge in [0.25, 0.3) is 0 Å². The van der Waals surface area contributed by atoms with Gasteiger partial charge in [0, 0.05) is 29.8 Å². The van der Waals surface area contributed by atoms with Crippen molar-refractivity contribution < 1.29 is 13.5 Å². The van der Waals surface area contributed by atoms with E-state index in [4.69, 9.17) is 10.3 Å². The molecule has 0 saturated carbocycles. The van der Waals surface area contributed by atoms with Crippen LogP contribution in [0.15, 0.2) is 17.2 Å². The van der Waals surface area contributed by atoms with Crippen molar-refractivity contribution in [3.05, 3.63) is 39.8 Å². The zero-order chi connectivity index (χ0) is 13.0. The summed E-state index contributed by atoms with van der Waals surface area (Å²) in [5.41, 5.74) is 9.35. The number of nitrogens with zero attached hydrogens (tertiary/aromatic N) is 4. The van der Waals surface area contributed by atoms with Gasteiger partial charge in [0.1, 0.15) is 0 Å². The van der Waals surface area contributed by atoms with Crippen LogP contribution in [0.25, 0.3) is 10.4 Å². The largest absolute Gasteiger partial charge is 0.378 e. The second kappa shape index (κ2) is 5.66. The number of azide groups is 1. The quantitative estimate of drug-likeness (QED) is 0.473.